The Kier molecular flexibility index (Phi) is 6.53. The third kappa shape index (κ3) is 5.10. The fraction of sp³-hybridized carbons (Fsp3) is 0.192. The lowest BCUT2D eigenvalue weighted by molar-refractivity contribution is 0.0964. The van der Waals surface area contributed by atoms with Gasteiger partial charge in [0.25, 0.3) is 5.91 Å². The summed E-state index contributed by atoms with van der Waals surface area (Å²) in [5.41, 5.74) is 1.86. The van der Waals surface area contributed by atoms with Crippen molar-refractivity contribution in [3.63, 3.8) is 0 Å². The number of carbonyl (C=O) groups excluding carboxylic acids is 1. The van der Waals surface area contributed by atoms with E-state index in [-0.39, 0.29) is 38.5 Å². The van der Waals surface area contributed by atoms with Crippen molar-refractivity contribution in [3.05, 3.63) is 87.1 Å². The first-order chi connectivity index (χ1) is 17.6. The molecule has 1 aliphatic carbocycles. The molecule has 0 radical (unpaired) electrons. The molecule has 11 heteroatoms. The van der Waals surface area contributed by atoms with Gasteiger partial charge in [0.1, 0.15) is 28.8 Å². The zero-order valence-corrected chi connectivity index (χ0v) is 21.8. The highest BCUT2D eigenvalue weighted by molar-refractivity contribution is 9.10. The van der Waals surface area contributed by atoms with Gasteiger partial charge in [0.15, 0.2) is 0 Å². The monoisotopic (exact) mass is 592 g/mol. The minimum atomic E-state index is -4.07. The van der Waals surface area contributed by atoms with Crippen LogP contribution in [0.3, 0.4) is 0 Å². The third-order valence-electron chi connectivity index (χ3n) is 6.10. The van der Waals surface area contributed by atoms with Crippen molar-refractivity contribution in [1.82, 2.24) is 5.32 Å². The van der Waals surface area contributed by atoms with Gasteiger partial charge in [-0.05, 0) is 88.3 Å². The van der Waals surface area contributed by atoms with E-state index in [1.54, 1.807) is 6.07 Å². The molecule has 3 aromatic carbocycles. The van der Waals surface area contributed by atoms with Gasteiger partial charge in [-0.25, -0.2) is 21.6 Å². The first kappa shape index (κ1) is 25.3. The molecule has 1 fully saturated rings. The van der Waals surface area contributed by atoms with Crippen LogP contribution >= 0.6 is 15.9 Å². The number of amides is 1. The molecule has 37 heavy (non-hydrogen) atoms. The van der Waals surface area contributed by atoms with Gasteiger partial charge in [-0.3, -0.25) is 9.52 Å². The van der Waals surface area contributed by atoms with E-state index in [0.29, 0.717) is 16.5 Å². The van der Waals surface area contributed by atoms with Crippen LogP contribution in [0.15, 0.2) is 57.4 Å². The summed E-state index contributed by atoms with van der Waals surface area (Å²) in [5.74, 6) is -3.03. The summed E-state index contributed by atoms with van der Waals surface area (Å²) < 4.78 is 75.5. The minimum Gasteiger partial charge on any atom is -0.455 e. The highest BCUT2D eigenvalue weighted by Gasteiger charge is 2.31. The fourth-order valence-corrected chi connectivity index (χ4v) is 5.67. The number of anilines is 1. The lowest BCUT2D eigenvalue weighted by Gasteiger charge is -2.13. The maximum Gasteiger partial charge on any atom is 0.255 e. The summed E-state index contributed by atoms with van der Waals surface area (Å²) in [6.07, 6.45) is 1.67. The molecule has 1 heterocycles. The molecular weight excluding hydrogens is 573 g/mol. The quantitative estimate of drug-likeness (QED) is 0.241. The molecule has 5 rings (SSSR count). The van der Waals surface area contributed by atoms with Crippen LogP contribution in [0.5, 0.6) is 0 Å². The van der Waals surface area contributed by atoms with E-state index in [1.165, 1.54) is 37.4 Å². The zero-order valence-electron chi connectivity index (χ0n) is 19.4. The first-order valence-electron chi connectivity index (χ1n) is 11.3. The van der Waals surface area contributed by atoms with Crippen molar-refractivity contribution in [2.45, 2.75) is 24.5 Å². The molecule has 1 amide bonds. The average molecular weight is 593 g/mol. The summed E-state index contributed by atoms with van der Waals surface area (Å²) in [4.78, 5) is 12.8. The Morgan fingerprint density at radius 3 is 2.30 bits per heavy atom. The SMILES string of the molecule is CNC(=O)c1c(-c2ccc(F)cc2)oc2cc(NS(=O)(=O)Cc3cc(F)c(Br)c(F)c3)c(C3CC3)cc12. The number of halogens is 4. The first-order valence-corrected chi connectivity index (χ1v) is 13.7. The van der Waals surface area contributed by atoms with E-state index in [2.05, 4.69) is 26.0 Å². The van der Waals surface area contributed by atoms with Crippen LogP contribution in [0.25, 0.3) is 22.3 Å². The van der Waals surface area contributed by atoms with Crippen molar-refractivity contribution in [1.29, 1.82) is 0 Å². The second-order valence-corrected chi connectivity index (χ2v) is 11.4. The molecule has 0 bridgehead atoms. The second-order valence-electron chi connectivity index (χ2n) is 8.84. The highest BCUT2D eigenvalue weighted by atomic mass is 79.9. The summed E-state index contributed by atoms with van der Waals surface area (Å²) in [7, 11) is -2.59. The lowest BCUT2D eigenvalue weighted by Crippen LogP contribution is -2.18. The Morgan fingerprint density at radius 2 is 1.70 bits per heavy atom. The van der Waals surface area contributed by atoms with E-state index < -0.39 is 39.1 Å². The molecule has 0 unspecified atom stereocenters. The van der Waals surface area contributed by atoms with Crippen LogP contribution in [0.1, 0.15) is 40.2 Å². The Labute approximate surface area is 219 Å². The fourth-order valence-electron chi connectivity index (χ4n) is 4.25. The van der Waals surface area contributed by atoms with Gasteiger partial charge in [0.2, 0.25) is 10.0 Å². The van der Waals surface area contributed by atoms with Gasteiger partial charge in [-0.2, -0.15) is 0 Å². The normalized spacial score (nSPS) is 13.6. The Bertz CT molecular complexity index is 1630. The van der Waals surface area contributed by atoms with Gasteiger partial charge in [-0.15, -0.1) is 0 Å². The van der Waals surface area contributed by atoms with Crippen molar-refractivity contribution >= 4 is 48.5 Å². The molecule has 6 nitrogen and oxygen atoms in total. The predicted octanol–water partition coefficient (Wildman–Crippen LogP) is 6.46. The summed E-state index contributed by atoms with van der Waals surface area (Å²) in [6.45, 7) is 0. The third-order valence-corrected chi connectivity index (χ3v) is 8.11. The van der Waals surface area contributed by atoms with Crippen molar-refractivity contribution in [2.24, 2.45) is 0 Å². The number of hydrogen-bond donors (Lipinski definition) is 2. The van der Waals surface area contributed by atoms with Crippen molar-refractivity contribution < 1.29 is 30.8 Å². The highest BCUT2D eigenvalue weighted by Crippen LogP contribution is 2.47. The largest absolute Gasteiger partial charge is 0.455 e. The molecule has 2 N–H and O–H groups in total. The van der Waals surface area contributed by atoms with Crippen LogP contribution in [0, 0.1) is 17.5 Å². The Hall–Kier alpha value is -3.31. The number of hydrogen-bond acceptors (Lipinski definition) is 4. The molecule has 1 saturated carbocycles. The van der Waals surface area contributed by atoms with Gasteiger partial charge >= 0.3 is 0 Å². The molecule has 1 aromatic heterocycles. The summed E-state index contributed by atoms with van der Waals surface area (Å²) >= 11 is 2.77. The van der Waals surface area contributed by atoms with Crippen LogP contribution < -0.4 is 10.0 Å². The molecule has 0 spiro atoms. The predicted molar refractivity (Wildman–Crippen MR) is 137 cm³/mol. The number of fused-ring (bicyclic) bond motifs is 1. The standard InChI is InChI=1S/C26H20BrF3N2O4S/c1-31-26(33)23-18-10-17(14-2-3-14)21(11-22(18)36-25(23)15-4-6-16(28)7-5-15)32-37(34,35)12-13-8-19(29)24(27)20(30)9-13/h4-11,14,32H,2-3,12H2,1H3,(H,31,33). The summed E-state index contributed by atoms with van der Waals surface area (Å²) in [5, 5.41) is 3.08. The van der Waals surface area contributed by atoms with Gasteiger partial charge in [0, 0.05) is 24.1 Å². The van der Waals surface area contributed by atoms with E-state index in [4.69, 9.17) is 4.42 Å². The van der Waals surface area contributed by atoms with E-state index in [9.17, 15) is 26.4 Å². The Morgan fingerprint density at radius 1 is 1.05 bits per heavy atom. The number of nitrogens with one attached hydrogen (secondary N) is 2. The second kappa shape index (κ2) is 9.53. The molecular formula is C26H20BrF3N2O4S. The smallest absolute Gasteiger partial charge is 0.255 e. The van der Waals surface area contributed by atoms with Crippen LogP contribution in [0.4, 0.5) is 18.9 Å². The van der Waals surface area contributed by atoms with Crippen LogP contribution in [-0.4, -0.2) is 21.4 Å². The number of sulfonamides is 1. The van der Waals surface area contributed by atoms with Gasteiger partial charge in [-0.1, -0.05) is 0 Å². The van der Waals surface area contributed by atoms with E-state index in [0.717, 1.165) is 25.0 Å². The average Bonchev–Trinajstić information content (AvgIpc) is 3.62. The maximum absolute atomic E-state index is 13.9. The van der Waals surface area contributed by atoms with Crippen molar-refractivity contribution in [3.8, 4) is 11.3 Å². The van der Waals surface area contributed by atoms with Crippen LogP contribution in [-0.2, 0) is 15.8 Å². The lowest BCUT2D eigenvalue weighted by atomic mass is 10.0. The Balaban J connectivity index is 1.59. The minimum absolute atomic E-state index is 0.0572. The van der Waals surface area contributed by atoms with Gasteiger partial charge < -0.3 is 9.73 Å². The molecule has 1 aliphatic rings. The topological polar surface area (TPSA) is 88.4 Å². The molecule has 192 valence electrons. The zero-order chi connectivity index (χ0) is 26.5. The van der Waals surface area contributed by atoms with Crippen LogP contribution in [0.2, 0.25) is 0 Å². The van der Waals surface area contributed by atoms with E-state index >= 15 is 0 Å². The molecule has 4 aromatic rings. The molecule has 0 aliphatic heterocycles. The van der Waals surface area contributed by atoms with Gasteiger partial charge in [0.05, 0.1) is 21.5 Å². The molecule has 0 atom stereocenters. The number of carbonyl (C=O) groups is 1. The molecule has 0 saturated heterocycles. The number of furan rings is 1. The summed E-state index contributed by atoms with van der Waals surface area (Å²) in [6, 6.07) is 10.6. The maximum atomic E-state index is 13.9. The number of benzene rings is 3. The van der Waals surface area contributed by atoms with Crippen molar-refractivity contribution in [2.75, 3.05) is 11.8 Å². The number of rotatable bonds is 7. The van der Waals surface area contributed by atoms with E-state index in [1.807, 2.05) is 0 Å².